The number of rotatable bonds is 2. The third kappa shape index (κ3) is 1.96. The molecule has 1 saturated heterocycles. The van der Waals surface area contributed by atoms with Gasteiger partial charge in [0.05, 0.1) is 0 Å². The number of hydrogen-bond acceptors (Lipinski definition) is 2. The molecule has 2 N–H and O–H groups in total. The summed E-state index contributed by atoms with van der Waals surface area (Å²) in [7, 11) is 0. The maximum absolute atomic E-state index is 8.70. The largest absolute Gasteiger partial charge is 0.396 e. The van der Waals surface area contributed by atoms with Gasteiger partial charge in [0, 0.05) is 12.6 Å². The third-order valence-corrected chi connectivity index (χ3v) is 2.37. The zero-order chi connectivity index (χ0) is 7.40. The lowest BCUT2D eigenvalue weighted by Gasteiger charge is -2.29. The zero-order valence-corrected chi connectivity index (χ0v) is 6.64. The van der Waals surface area contributed by atoms with Gasteiger partial charge in [0.2, 0.25) is 0 Å². The third-order valence-electron chi connectivity index (χ3n) is 2.37. The van der Waals surface area contributed by atoms with Gasteiger partial charge >= 0.3 is 0 Å². The molecule has 0 unspecified atom stereocenters. The van der Waals surface area contributed by atoms with Crippen molar-refractivity contribution in [3.05, 3.63) is 0 Å². The Bertz CT molecular complexity index is 93.3. The van der Waals surface area contributed by atoms with Crippen molar-refractivity contribution in [2.24, 2.45) is 5.92 Å². The van der Waals surface area contributed by atoms with E-state index in [2.05, 4.69) is 12.2 Å². The van der Waals surface area contributed by atoms with Crippen LogP contribution in [0.3, 0.4) is 0 Å². The smallest absolute Gasteiger partial charge is 0.0445 e. The van der Waals surface area contributed by atoms with Crippen LogP contribution in [-0.2, 0) is 0 Å². The van der Waals surface area contributed by atoms with Crippen molar-refractivity contribution < 1.29 is 5.11 Å². The second-order valence-corrected chi connectivity index (χ2v) is 3.19. The van der Waals surface area contributed by atoms with Gasteiger partial charge < -0.3 is 10.4 Å². The van der Waals surface area contributed by atoms with Gasteiger partial charge in [-0.05, 0) is 31.7 Å². The molecule has 0 aromatic heterocycles. The number of aliphatic hydroxyl groups excluding tert-OH is 1. The molecule has 0 bridgehead atoms. The van der Waals surface area contributed by atoms with Gasteiger partial charge in [-0.2, -0.15) is 0 Å². The lowest BCUT2D eigenvalue weighted by atomic mass is 9.91. The van der Waals surface area contributed by atoms with Gasteiger partial charge in [-0.25, -0.2) is 0 Å². The van der Waals surface area contributed by atoms with Crippen LogP contribution in [0.25, 0.3) is 0 Å². The van der Waals surface area contributed by atoms with Gasteiger partial charge in [-0.15, -0.1) is 0 Å². The molecule has 60 valence electrons. The van der Waals surface area contributed by atoms with Gasteiger partial charge in [-0.3, -0.25) is 0 Å². The Labute approximate surface area is 62.6 Å². The van der Waals surface area contributed by atoms with Crippen molar-refractivity contribution in [3.8, 4) is 0 Å². The monoisotopic (exact) mass is 143 g/mol. The average Bonchev–Trinajstić information content (AvgIpc) is 1.94. The van der Waals surface area contributed by atoms with E-state index in [4.69, 9.17) is 5.11 Å². The van der Waals surface area contributed by atoms with Crippen LogP contribution in [0.4, 0.5) is 0 Å². The molecule has 2 heteroatoms. The summed E-state index contributed by atoms with van der Waals surface area (Å²) in [5.74, 6) is 0.751. The average molecular weight is 143 g/mol. The van der Waals surface area contributed by atoms with Crippen LogP contribution in [0.5, 0.6) is 0 Å². The lowest BCUT2D eigenvalue weighted by molar-refractivity contribution is 0.217. The predicted molar refractivity (Wildman–Crippen MR) is 41.9 cm³/mol. The van der Waals surface area contributed by atoms with Crippen LogP contribution >= 0.6 is 0 Å². The number of piperidine rings is 1. The molecule has 0 spiro atoms. The molecule has 0 aromatic carbocycles. The van der Waals surface area contributed by atoms with Crippen molar-refractivity contribution in [2.45, 2.75) is 32.2 Å². The molecular formula is C8H17NO. The standard InChI is InChI=1S/C8H17NO/c1-7-3-2-5-9-8(7)4-6-10/h7-10H,2-6H2,1H3/t7-,8+/m0/s1. The Balaban J connectivity index is 2.25. The van der Waals surface area contributed by atoms with Crippen LogP contribution in [0, 0.1) is 5.92 Å². The first-order valence-electron chi connectivity index (χ1n) is 4.19. The molecule has 1 aliphatic rings. The van der Waals surface area contributed by atoms with Gasteiger partial charge in [-0.1, -0.05) is 6.92 Å². The van der Waals surface area contributed by atoms with Crippen molar-refractivity contribution in [3.63, 3.8) is 0 Å². The van der Waals surface area contributed by atoms with E-state index in [0.29, 0.717) is 12.6 Å². The minimum atomic E-state index is 0.321. The number of aliphatic hydroxyl groups is 1. The Hall–Kier alpha value is -0.0800. The summed E-state index contributed by atoms with van der Waals surface area (Å²) in [6, 6.07) is 0.568. The Morgan fingerprint density at radius 3 is 3.00 bits per heavy atom. The molecule has 0 aliphatic carbocycles. The fraction of sp³-hybridized carbons (Fsp3) is 1.00. The first kappa shape index (κ1) is 8.02. The highest BCUT2D eigenvalue weighted by molar-refractivity contribution is 4.77. The number of hydrogen-bond donors (Lipinski definition) is 2. The van der Waals surface area contributed by atoms with E-state index < -0.39 is 0 Å². The van der Waals surface area contributed by atoms with E-state index in [0.717, 1.165) is 18.9 Å². The molecule has 2 nitrogen and oxygen atoms in total. The molecule has 2 atom stereocenters. The summed E-state index contributed by atoms with van der Waals surface area (Å²) in [6.45, 7) is 3.71. The van der Waals surface area contributed by atoms with Crippen molar-refractivity contribution in [1.29, 1.82) is 0 Å². The molecule has 1 fully saturated rings. The first-order chi connectivity index (χ1) is 4.84. The van der Waals surface area contributed by atoms with Crippen molar-refractivity contribution in [1.82, 2.24) is 5.32 Å². The summed E-state index contributed by atoms with van der Waals surface area (Å²) in [6.07, 6.45) is 3.53. The minimum absolute atomic E-state index is 0.321. The zero-order valence-electron chi connectivity index (χ0n) is 6.64. The normalized spacial score (nSPS) is 34.2. The van der Waals surface area contributed by atoms with E-state index in [1.807, 2.05) is 0 Å². The molecule has 1 rings (SSSR count). The SMILES string of the molecule is C[C@H]1CCCN[C@@H]1CCO. The predicted octanol–water partition coefficient (Wildman–Crippen LogP) is 0.757. The molecule has 0 saturated carbocycles. The molecule has 1 aliphatic heterocycles. The first-order valence-corrected chi connectivity index (χ1v) is 4.19. The second-order valence-electron chi connectivity index (χ2n) is 3.19. The van der Waals surface area contributed by atoms with Crippen molar-refractivity contribution in [2.75, 3.05) is 13.2 Å². The highest BCUT2D eigenvalue weighted by atomic mass is 16.3. The highest BCUT2D eigenvalue weighted by Gasteiger charge is 2.19. The van der Waals surface area contributed by atoms with Crippen LogP contribution < -0.4 is 5.32 Å². The molecule has 0 aromatic rings. The molecule has 0 radical (unpaired) electrons. The summed E-state index contributed by atoms with van der Waals surface area (Å²) in [5.41, 5.74) is 0. The maximum atomic E-state index is 8.70. The maximum Gasteiger partial charge on any atom is 0.0445 e. The van der Waals surface area contributed by atoms with E-state index in [1.165, 1.54) is 12.8 Å². The molecular weight excluding hydrogens is 126 g/mol. The summed E-state index contributed by atoms with van der Waals surface area (Å²) < 4.78 is 0. The second kappa shape index (κ2) is 3.94. The quantitative estimate of drug-likeness (QED) is 0.598. The van der Waals surface area contributed by atoms with E-state index in [9.17, 15) is 0 Å². The molecule has 1 heterocycles. The van der Waals surface area contributed by atoms with E-state index >= 15 is 0 Å². The van der Waals surface area contributed by atoms with Crippen LogP contribution in [0.2, 0.25) is 0 Å². The fourth-order valence-electron chi connectivity index (χ4n) is 1.64. The highest BCUT2D eigenvalue weighted by Crippen LogP contribution is 2.17. The van der Waals surface area contributed by atoms with E-state index in [1.54, 1.807) is 0 Å². The molecule has 0 amide bonds. The topological polar surface area (TPSA) is 32.3 Å². The van der Waals surface area contributed by atoms with Crippen LogP contribution in [0.15, 0.2) is 0 Å². The lowest BCUT2D eigenvalue weighted by Crippen LogP contribution is -2.40. The molecule has 10 heavy (non-hydrogen) atoms. The van der Waals surface area contributed by atoms with Gasteiger partial charge in [0.25, 0.3) is 0 Å². The van der Waals surface area contributed by atoms with Gasteiger partial charge in [0.1, 0.15) is 0 Å². The fourth-order valence-corrected chi connectivity index (χ4v) is 1.64. The van der Waals surface area contributed by atoms with Gasteiger partial charge in [0.15, 0.2) is 0 Å². The van der Waals surface area contributed by atoms with Crippen LogP contribution in [-0.4, -0.2) is 24.3 Å². The summed E-state index contributed by atoms with van der Waals surface area (Å²) in [4.78, 5) is 0. The Morgan fingerprint density at radius 1 is 1.60 bits per heavy atom. The summed E-state index contributed by atoms with van der Waals surface area (Å²) in [5, 5.41) is 12.1. The van der Waals surface area contributed by atoms with Crippen molar-refractivity contribution >= 4 is 0 Å². The van der Waals surface area contributed by atoms with Crippen LogP contribution in [0.1, 0.15) is 26.2 Å². The van der Waals surface area contributed by atoms with E-state index in [-0.39, 0.29) is 0 Å². The Kier molecular flexibility index (Phi) is 3.16. The minimum Gasteiger partial charge on any atom is -0.396 e. The summed E-state index contributed by atoms with van der Waals surface area (Å²) >= 11 is 0. The number of nitrogens with one attached hydrogen (secondary N) is 1. The Morgan fingerprint density at radius 2 is 2.40 bits per heavy atom.